The molecule has 2 heterocycles. The van der Waals surface area contributed by atoms with Gasteiger partial charge in [0.25, 0.3) is 5.91 Å². The van der Waals surface area contributed by atoms with Gasteiger partial charge < -0.3 is 0 Å². The number of fused-ring (bicyclic) bond motifs is 1. The average Bonchev–Trinajstić information content (AvgIpc) is 2.22. The van der Waals surface area contributed by atoms with Crippen LogP contribution in [0.25, 0.3) is 0 Å². The Bertz CT molecular complexity index is 230. The number of amides is 1. The minimum Gasteiger partial charge on any atom is -0.293 e. The number of anilines is 1. The molecule has 0 saturated heterocycles. The van der Waals surface area contributed by atoms with Gasteiger partial charge in [-0.15, -0.1) is 10.2 Å². The van der Waals surface area contributed by atoms with Crippen LogP contribution >= 0.6 is 0 Å². The molecule has 1 aromatic rings. The molecule has 0 atom stereocenters. The Labute approximate surface area is 50.7 Å². The van der Waals surface area contributed by atoms with Gasteiger partial charge in [-0.3, -0.25) is 14.7 Å². The van der Waals surface area contributed by atoms with E-state index in [4.69, 9.17) is 0 Å². The number of hydrogen-bond donors (Lipinski definition) is 1. The molecule has 2 rings (SSSR count). The molecule has 0 fully saturated rings. The van der Waals surface area contributed by atoms with Crippen LogP contribution in [-0.4, -0.2) is 20.7 Å². The third kappa shape index (κ3) is 0.509. The van der Waals surface area contributed by atoms with Crippen molar-refractivity contribution in [3.8, 4) is 0 Å². The molecule has 45 valence electrons. The predicted molar refractivity (Wildman–Crippen MR) is 28.3 cm³/mol. The zero-order chi connectivity index (χ0) is 6.27. The molecule has 1 aliphatic rings. The lowest BCUT2D eigenvalue weighted by Crippen LogP contribution is -2.04. The maximum absolute atomic E-state index is 10.5. The van der Waals surface area contributed by atoms with Crippen LogP contribution < -0.4 is 5.32 Å². The summed E-state index contributed by atoms with van der Waals surface area (Å²) in [5, 5.41) is 9.61. The largest absolute Gasteiger partial charge is 0.293 e. The SMILES string of the molecule is O=C1[CH]n2cnnc2N1. The number of carbonyl (C=O) groups excluding carboxylic acids is 1. The molecular weight excluding hydrogens is 120 g/mol. The molecule has 1 radical (unpaired) electrons. The molecule has 5 heteroatoms. The summed E-state index contributed by atoms with van der Waals surface area (Å²) in [5.74, 6) is 0.333. The Morgan fingerprint density at radius 3 is 3.33 bits per heavy atom. The number of nitrogens with zero attached hydrogens (tertiary/aromatic N) is 3. The van der Waals surface area contributed by atoms with Crippen molar-refractivity contribution >= 4 is 11.9 Å². The van der Waals surface area contributed by atoms with Crippen LogP contribution in [0.4, 0.5) is 5.95 Å². The summed E-state index contributed by atoms with van der Waals surface area (Å²) < 4.78 is 1.53. The van der Waals surface area contributed by atoms with Crippen molar-refractivity contribution in [2.45, 2.75) is 0 Å². The van der Waals surface area contributed by atoms with Gasteiger partial charge in [0, 0.05) is 0 Å². The lowest BCUT2D eigenvalue weighted by atomic mass is 10.6. The van der Waals surface area contributed by atoms with E-state index in [0.29, 0.717) is 5.95 Å². The van der Waals surface area contributed by atoms with E-state index in [1.807, 2.05) is 0 Å². The van der Waals surface area contributed by atoms with Crippen molar-refractivity contribution in [3.63, 3.8) is 0 Å². The first-order valence-electron chi connectivity index (χ1n) is 2.41. The standard InChI is InChI=1S/C4H3N4O/c9-3-1-8-2-5-7-4(8)6-3/h1-2H,(H,6,7,9). The van der Waals surface area contributed by atoms with E-state index in [1.165, 1.54) is 17.4 Å². The molecule has 5 nitrogen and oxygen atoms in total. The first-order valence-corrected chi connectivity index (χ1v) is 2.41. The second-order valence-electron chi connectivity index (χ2n) is 1.68. The zero-order valence-corrected chi connectivity index (χ0v) is 4.40. The second-order valence-corrected chi connectivity index (χ2v) is 1.68. The predicted octanol–water partition coefficient (Wildman–Crippen LogP) is -0.760. The number of nitrogens with one attached hydrogen (secondary N) is 1. The molecule has 9 heavy (non-hydrogen) atoms. The van der Waals surface area contributed by atoms with Crippen LogP contribution in [0, 0.1) is 6.54 Å². The summed E-state index contributed by atoms with van der Waals surface area (Å²) in [6.07, 6.45) is 1.47. The highest BCUT2D eigenvalue weighted by Crippen LogP contribution is 2.09. The van der Waals surface area contributed by atoms with Gasteiger partial charge in [0.15, 0.2) is 0 Å². The summed E-state index contributed by atoms with van der Waals surface area (Å²) in [4.78, 5) is 10.5. The number of aromatic nitrogens is 3. The van der Waals surface area contributed by atoms with Crippen LogP contribution in [0.3, 0.4) is 0 Å². The van der Waals surface area contributed by atoms with Crippen molar-refractivity contribution in [2.24, 2.45) is 0 Å². The first kappa shape index (κ1) is 4.49. The second kappa shape index (κ2) is 1.31. The van der Waals surface area contributed by atoms with Crippen LogP contribution in [0.2, 0.25) is 0 Å². The maximum Gasteiger partial charge on any atom is 0.252 e. The highest BCUT2D eigenvalue weighted by atomic mass is 16.2. The number of hydrogen-bond acceptors (Lipinski definition) is 3. The van der Waals surface area contributed by atoms with Crippen molar-refractivity contribution in [2.75, 3.05) is 5.32 Å². The average molecular weight is 123 g/mol. The summed E-state index contributed by atoms with van der Waals surface area (Å²) in [7, 11) is 0. The van der Waals surface area contributed by atoms with Crippen molar-refractivity contribution in [1.82, 2.24) is 14.8 Å². The fourth-order valence-corrected chi connectivity index (χ4v) is 0.695. The van der Waals surface area contributed by atoms with E-state index in [1.54, 1.807) is 0 Å². The molecule has 1 aromatic heterocycles. The molecule has 0 bridgehead atoms. The molecule has 1 aliphatic heterocycles. The fraction of sp³-hybridized carbons (Fsp3) is 0. The van der Waals surface area contributed by atoms with Crippen molar-refractivity contribution in [1.29, 1.82) is 0 Å². The van der Waals surface area contributed by atoms with Crippen LogP contribution in [0.1, 0.15) is 0 Å². The monoisotopic (exact) mass is 123 g/mol. The zero-order valence-electron chi connectivity index (χ0n) is 4.40. The molecule has 1 N–H and O–H groups in total. The highest BCUT2D eigenvalue weighted by Gasteiger charge is 2.17. The highest BCUT2D eigenvalue weighted by molar-refractivity contribution is 5.99. The Morgan fingerprint density at radius 2 is 2.56 bits per heavy atom. The summed E-state index contributed by atoms with van der Waals surface area (Å²) in [6.45, 7) is 1.38. The molecule has 0 aliphatic carbocycles. The fourth-order valence-electron chi connectivity index (χ4n) is 0.695. The maximum atomic E-state index is 10.5. The van der Waals surface area contributed by atoms with E-state index >= 15 is 0 Å². The quantitative estimate of drug-likeness (QED) is 0.493. The van der Waals surface area contributed by atoms with Gasteiger partial charge in [0.05, 0.1) is 0 Å². The Balaban J connectivity index is 2.49. The molecule has 0 saturated carbocycles. The lowest BCUT2D eigenvalue weighted by Gasteiger charge is -1.81. The molecule has 0 aromatic carbocycles. The van der Waals surface area contributed by atoms with E-state index in [9.17, 15) is 4.79 Å². The molecular formula is C4H3N4O. The van der Waals surface area contributed by atoms with Gasteiger partial charge in [-0.1, -0.05) is 0 Å². The minimum atomic E-state index is -0.153. The van der Waals surface area contributed by atoms with E-state index in [2.05, 4.69) is 15.5 Å². The van der Waals surface area contributed by atoms with Crippen molar-refractivity contribution in [3.05, 3.63) is 12.9 Å². The van der Waals surface area contributed by atoms with E-state index in [-0.39, 0.29) is 5.91 Å². The molecule has 0 unspecified atom stereocenters. The number of carbonyl (C=O) groups is 1. The minimum absolute atomic E-state index is 0.153. The van der Waals surface area contributed by atoms with Crippen LogP contribution in [0.5, 0.6) is 0 Å². The van der Waals surface area contributed by atoms with Gasteiger partial charge in [-0.2, -0.15) is 0 Å². The van der Waals surface area contributed by atoms with Crippen LogP contribution in [0.15, 0.2) is 6.33 Å². The van der Waals surface area contributed by atoms with Crippen LogP contribution in [-0.2, 0) is 4.79 Å². The normalized spacial score (nSPS) is 15.3. The van der Waals surface area contributed by atoms with Gasteiger partial charge in [0.1, 0.15) is 12.9 Å². The van der Waals surface area contributed by atoms with E-state index < -0.39 is 0 Å². The van der Waals surface area contributed by atoms with Gasteiger partial charge >= 0.3 is 0 Å². The van der Waals surface area contributed by atoms with Crippen molar-refractivity contribution < 1.29 is 4.79 Å². The molecule has 0 spiro atoms. The van der Waals surface area contributed by atoms with Gasteiger partial charge in [-0.05, 0) is 0 Å². The summed E-state index contributed by atoms with van der Waals surface area (Å²) in [5.41, 5.74) is 0. The lowest BCUT2D eigenvalue weighted by molar-refractivity contribution is -0.112. The van der Waals surface area contributed by atoms with Gasteiger partial charge in [-0.25, -0.2) is 0 Å². The number of rotatable bonds is 0. The van der Waals surface area contributed by atoms with E-state index in [0.717, 1.165) is 0 Å². The summed E-state index contributed by atoms with van der Waals surface area (Å²) in [6, 6.07) is 0. The Hall–Kier alpha value is -1.39. The smallest absolute Gasteiger partial charge is 0.252 e. The van der Waals surface area contributed by atoms with Gasteiger partial charge in [0.2, 0.25) is 5.95 Å². The Morgan fingerprint density at radius 1 is 1.67 bits per heavy atom. The molecule has 1 amide bonds. The third-order valence-electron chi connectivity index (χ3n) is 1.06. The summed E-state index contributed by atoms with van der Waals surface area (Å²) >= 11 is 0. The first-order chi connectivity index (χ1) is 4.36. The topological polar surface area (TPSA) is 59.8 Å². The third-order valence-corrected chi connectivity index (χ3v) is 1.06. The Kier molecular flexibility index (Phi) is 0.652.